The molecule has 0 fully saturated rings. The van der Waals surface area contributed by atoms with Gasteiger partial charge in [0.05, 0.1) is 28.6 Å². The van der Waals surface area contributed by atoms with Crippen LogP contribution in [0.3, 0.4) is 0 Å². The van der Waals surface area contributed by atoms with Crippen molar-refractivity contribution in [1.82, 2.24) is 9.78 Å². The third-order valence-electron chi connectivity index (χ3n) is 3.78. The molecule has 1 atom stereocenters. The Morgan fingerprint density at radius 3 is 3.05 bits per heavy atom. The fraction of sp³-hybridized carbons (Fsp3) is 0.400. The lowest BCUT2D eigenvalue weighted by molar-refractivity contribution is 0.576. The van der Waals surface area contributed by atoms with Gasteiger partial charge in [0.25, 0.3) is 0 Å². The lowest BCUT2D eigenvalue weighted by Crippen LogP contribution is -2.24. The molecule has 1 aliphatic rings. The van der Waals surface area contributed by atoms with E-state index in [2.05, 4.69) is 17.3 Å². The van der Waals surface area contributed by atoms with Gasteiger partial charge < -0.3 is 5.32 Å². The number of rotatable bonds is 4. The summed E-state index contributed by atoms with van der Waals surface area (Å²) in [5.41, 5.74) is 1.63. The number of nitrogens with one attached hydrogen (secondary N) is 1. The number of nitrogens with zero attached hydrogens (tertiary/aromatic N) is 2. The van der Waals surface area contributed by atoms with E-state index < -0.39 is 9.84 Å². The summed E-state index contributed by atoms with van der Waals surface area (Å²) in [5, 5.41) is 8.20. The van der Waals surface area contributed by atoms with Crippen LogP contribution < -0.4 is 5.32 Å². The fourth-order valence-corrected chi connectivity index (χ4v) is 4.54. The summed E-state index contributed by atoms with van der Waals surface area (Å²) in [4.78, 5) is 0.376. The van der Waals surface area contributed by atoms with Crippen molar-refractivity contribution in [3.8, 4) is 0 Å². The number of hydrogen-bond donors (Lipinski definition) is 1. The molecule has 1 N–H and O–H groups in total. The van der Waals surface area contributed by atoms with Crippen LogP contribution >= 0.6 is 11.6 Å². The van der Waals surface area contributed by atoms with E-state index in [0.29, 0.717) is 16.3 Å². The van der Waals surface area contributed by atoms with Gasteiger partial charge in [-0.05, 0) is 36.6 Å². The van der Waals surface area contributed by atoms with Crippen molar-refractivity contribution in [2.75, 3.05) is 11.1 Å². The van der Waals surface area contributed by atoms with E-state index in [9.17, 15) is 8.42 Å². The van der Waals surface area contributed by atoms with Gasteiger partial charge in [-0.3, -0.25) is 4.68 Å². The molecule has 3 rings (SSSR count). The van der Waals surface area contributed by atoms with Crippen LogP contribution in [-0.2, 0) is 16.4 Å². The van der Waals surface area contributed by atoms with Crippen LogP contribution in [-0.4, -0.2) is 24.0 Å². The molecule has 7 heteroatoms. The number of fused-ring (bicyclic) bond motifs is 1. The Bertz CT molecular complexity index is 786. The number of anilines is 1. The van der Waals surface area contributed by atoms with E-state index in [1.807, 2.05) is 10.9 Å². The molecule has 22 heavy (non-hydrogen) atoms. The Hall–Kier alpha value is -1.53. The van der Waals surface area contributed by atoms with Gasteiger partial charge in [-0.2, -0.15) is 5.10 Å². The number of benzene rings is 1. The van der Waals surface area contributed by atoms with Gasteiger partial charge in [0, 0.05) is 17.8 Å². The Balaban J connectivity index is 1.90. The zero-order chi connectivity index (χ0) is 15.7. The highest BCUT2D eigenvalue weighted by Gasteiger charge is 2.30. The smallest absolute Gasteiger partial charge is 0.178 e. The van der Waals surface area contributed by atoms with Gasteiger partial charge in [-0.15, -0.1) is 0 Å². The molecule has 0 aliphatic carbocycles. The normalized spacial score (nSPS) is 19.6. The maximum absolute atomic E-state index is 12.2. The second-order valence-electron chi connectivity index (χ2n) is 5.48. The SMILES string of the molecule is CCCn1cc(NC2CCS(=O)(=O)c3ccc(Cl)cc32)cn1. The van der Waals surface area contributed by atoms with Crippen molar-refractivity contribution in [2.45, 2.75) is 37.2 Å². The lowest BCUT2D eigenvalue weighted by atomic mass is 10.0. The summed E-state index contributed by atoms with van der Waals surface area (Å²) in [6, 6.07) is 4.89. The predicted octanol–water partition coefficient (Wildman–Crippen LogP) is 3.28. The van der Waals surface area contributed by atoms with Crippen molar-refractivity contribution >= 4 is 27.1 Å². The van der Waals surface area contributed by atoms with Gasteiger partial charge in [0.15, 0.2) is 9.84 Å². The van der Waals surface area contributed by atoms with Crippen molar-refractivity contribution < 1.29 is 8.42 Å². The summed E-state index contributed by atoms with van der Waals surface area (Å²) in [6.45, 7) is 2.96. The van der Waals surface area contributed by atoms with Gasteiger partial charge in [-0.25, -0.2) is 8.42 Å². The summed E-state index contributed by atoms with van der Waals surface area (Å²) in [5.74, 6) is 0.141. The molecule has 0 radical (unpaired) electrons. The molecule has 5 nitrogen and oxygen atoms in total. The standard InChI is InChI=1S/C15H18ClN3O2S/c1-2-6-19-10-12(9-17-19)18-14-5-7-22(20,21)15-4-3-11(16)8-13(14)15/h3-4,8-10,14,18H,2,5-7H2,1H3. The monoisotopic (exact) mass is 339 g/mol. The molecule has 1 aliphatic heterocycles. The predicted molar refractivity (Wildman–Crippen MR) is 87.0 cm³/mol. The molecule has 2 heterocycles. The van der Waals surface area contributed by atoms with E-state index in [1.54, 1.807) is 24.4 Å². The van der Waals surface area contributed by atoms with Crippen LogP contribution in [0.15, 0.2) is 35.5 Å². The molecule has 1 aromatic carbocycles. The van der Waals surface area contributed by atoms with E-state index in [1.165, 1.54) is 0 Å². The summed E-state index contributed by atoms with van der Waals surface area (Å²) >= 11 is 6.04. The second kappa shape index (κ2) is 5.93. The summed E-state index contributed by atoms with van der Waals surface area (Å²) in [7, 11) is -3.21. The third kappa shape index (κ3) is 2.98. The number of sulfone groups is 1. The molecule has 1 aromatic heterocycles. The first-order valence-electron chi connectivity index (χ1n) is 7.31. The number of aryl methyl sites for hydroxylation is 1. The molecular weight excluding hydrogens is 322 g/mol. The Morgan fingerprint density at radius 2 is 2.27 bits per heavy atom. The van der Waals surface area contributed by atoms with Crippen molar-refractivity contribution in [2.24, 2.45) is 0 Å². The molecule has 0 bridgehead atoms. The Labute approximate surface area is 135 Å². The van der Waals surface area contributed by atoms with Crippen LogP contribution in [0, 0.1) is 0 Å². The van der Waals surface area contributed by atoms with Gasteiger partial charge in [0.1, 0.15) is 0 Å². The highest BCUT2D eigenvalue weighted by molar-refractivity contribution is 7.91. The van der Waals surface area contributed by atoms with Gasteiger partial charge in [-0.1, -0.05) is 18.5 Å². The van der Waals surface area contributed by atoms with Crippen LogP contribution in [0.1, 0.15) is 31.4 Å². The maximum Gasteiger partial charge on any atom is 0.178 e. The number of hydrogen-bond acceptors (Lipinski definition) is 4. The van der Waals surface area contributed by atoms with E-state index >= 15 is 0 Å². The highest BCUT2D eigenvalue weighted by Crippen LogP contribution is 2.35. The molecule has 0 amide bonds. The Morgan fingerprint density at radius 1 is 1.45 bits per heavy atom. The first-order chi connectivity index (χ1) is 10.5. The van der Waals surface area contributed by atoms with Crippen molar-refractivity contribution in [3.05, 3.63) is 41.2 Å². The number of aromatic nitrogens is 2. The molecule has 0 saturated heterocycles. The Kier molecular flexibility index (Phi) is 4.14. The average Bonchev–Trinajstić information content (AvgIpc) is 2.90. The molecule has 0 spiro atoms. The lowest BCUT2D eigenvalue weighted by Gasteiger charge is -2.26. The third-order valence-corrected chi connectivity index (χ3v) is 5.83. The molecule has 2 aromatic rings. The second-order valence-corrected chi connectivity index (χ2v) is 7.99. The molecular formula is C15H18ClN3O2S. The van der Waals surface area contributed by atoms with Gasteiger partial charge >= 0.3 is 0 Å². The fourth-order valence-electron chi connectivity index (χ4n) is 2.75. The van der Waals surface area contributed by atoms with E-state index in [4.69, 9.17) is 11.6 Å². The minimum Gasteiger partial charge on any atom is -0.376 e. The molecule has 0 saturated carbocycles. The van der Waals surface area contributed by atoms with Gasteiger partial charge in [0.2, 0.25) is 0 Å². The summed E-state index contributed by atoms with van der Waals surface area (Å²) < 4.78 is 26.2. The summed E-state index contributed by atoms with van der Waals surface area (Å²) in [6.07, 6.45) is 5.25. The van der Waals surface area contributed by atoms with Crippen molar-refractivity contribution in [3.63, 3.8) is 0 Å². The van der Waals surface area contributed by atoms with Crippen LogP contribution in [0.4, 0.5) is 5.69 Å². The van der Waals surface area contributed by atoms with Crippen LogP contribution in [0.2, 0.25) is 5.02 Å². The van der Waals surface area contributed by atoms with E-state index in [-0.39, 0.29) is 11.8 Å². The zero-order valence-electron chi connectivity index (χ0n) is 12.3. The minimum atomic E-state index is -3.21. The first-order valence-corrected chi connectivity index (χ1v) is 9.34. The van der Waals surface area contributed by atoms with Crippen LogP contribution in [0.25, 0.3) is 0 Å². The highest BCUT2D eigenvalue weighted by atomic mass is 35.5. The minimum absolute atomic E-state index is 0.0727. The molecule has 1 unspecified atom stereocenters. The number of halogens is 1. The first kappa shape index (κ1) is 15.4. The zero-order valence-corrected chi connectivity index (χ0v) is 13.9. The molecule has 118 valence electrons. The van der Waals surface area contributed by atoms with E-state index in [0.717, 1.165) is 24.2 Å². The maximum atomic E-state index is 12.2. The quantitative estimate of drug-likeness (QED) is 0.928. The average molecular weight is 340 g/mol. The van der Waals surface area contributed by atoms with Crippen LogP contribution in [0.5, 0.6) is 0 Å². The topological polar surface area (TPSA) is 64.0 Å². The van der Waals surface area contributed by atoms with Crippen molar-refractivity contribution in [1.29, 1.82) is 0 Å². The largest absolute Gasteiger partial charge is 0.376 e.